The van der Waals surface area contributed by atoms with Crippen molar-refractivity contribution in [3.8, 4) is 0 Å². The second kappa shape index (κ2) is 4.25. The van der Waals surface area contributed by atoms with Crippen molar-refractivity contribution in [2.24, 2.45) is 0 Å². The summed E-state index contributed by atoms with van der Waals surface area (Å²) < 4.78 is 2.73. The number of halogens is 1. The molecule has 1 aliphatic rings. The smallest absolute Gasteiger partial charge is 0.154 e. The van der Waals surface area contributed by atoms with Gasteiger partial charge >= 0.3 is 0 Å². The molecule has 2 aromatic heterocycles. The molecule has 1 fully saturated rings. The Kier molecular flexibility index (Phi) is 2.77. The van der Waals surface area contributed by atoms with Crippen LogP contribution in [0.4, 0.5) is 5.82 Å². The summed E-state index contributed by atoms with van der Waals surface area (Å²) in [5, 5.41) is 4.58. The molecule has 6 heteroatoms. The molecule has 3 heterocycles. The first-order valence-corrected chi connectivity index (χ1v) is 7.12. The van der Waals surface area contributed by atoms with Crippen molar-refractivity contribution < 1.29 is 0 Å². The molecule has 0 bridgehead atoms. The van der Waals surface area contributed by atoms with Gasteiger partial charge in [0.1, 0.15) is 10.4 Å². The van der Waals surface area contributed by atoms with Crippen molar-refractivity contribution in [2.75, 3.05) is 29.5 Å². The van der Waals surface area contributed by atoms with Gasteiger partial charge in [0.2, 0.25) is 0 Å². The van der Waals surface area contributed by atoms with E-state index < -0.39 is 0 Å². The summed E-state index contributed by atoms with van der Waals surface area (Å²) >= 11 is 5.44. The Balaban J connectivity index is 1.99. The van der Waals surface area contributed by atoms with Crippen LogP contribution in [0.3, 0.4) is 0 Å². The molecule has 16 heavy (non-hydrogen) atoms. The van der Waals surface area contributed by atoms with Crippen LogP contribution in [-0.4, -0.2) is 39.2 Å². The Morgan fingerprint density at radius 2 is 2.06 bits per heavy atom. The summed E-state index contributed by atoms with van der Waals surface area (Å²) in [4.78, 5) is 6.56. The van der Waals surface area contributed by atoms with Gasteiger partial charge < -0.3 is 4.90 Å². The Hall–Kier alpha value is -0.750. The Morgan fingerprint density at radius 3 is 2.88 bits per heavy atom. The molecular formula is C10H11BrN4S. The maximum atomic E-state index is 4.58. The summed E-state index contributed by atoms with van der Waals surface area (Å²) in [6, 6.07) is 4.06. The van der Waals surface area contributed by atoms with E-state index >= 15 is 0 Å². The van der Waals surface area contributed by atoms with Gasteiger partial charge in [-0.3, -0.25) is 0 Å². The van der Waals surface area contributed by atoms with Gasteiger partial charge in [-0.05, 0) is 28.1 Å². The fraction of sp³-hybridized carbons (Fsp3) is 0.400. The van der Waals surface area contributed by atoms with Crippen LogP contribution < -0.4 is 4.90 Å². The van der Waals surface area contributed by atoms with E-state index in [1.165, 1.54) is 11.5 Å². The Morgan fingerprint density at radius 1 is 1.25 bits per heavy atom. The fourth-order valence-electron chi connectivity index (χ4n) is 1.80. The van der Waals surface area contributed by atoms with Gasteiger partial charge in [0.05, 0.1) is 6.20 Å². The van der Waals surface area contributed by atoms with Crippen LogP contribution in [0.2, 0.25) is 0 Å². The van der Waals surface area contributed by atoms with Crippen LogP contribution in [0.1, 0.15) is 0 Å². The van der Waals surface area contributed by atoms with Crippen LogP contribution in [0.5, 0.6) is 0 Å². The third kappa shape index (κ3) is 1.80. The number of hydrogen-bond acceptors (Lipinski definition) is 4. The SMILES string of the molecule is Brc1cnc2ccc(N3CCSCC3)nn12. The van der Waals surface area contributed by atoms with Crippen LogP contribution in [0.15, 0.2) is 22.9 Å². The number of anilines is 1. The quantitative estimate of drug-likeness (QED) is 0.807. The fourth-order valence-corrected chi connectivity index (χ4v) is 3.06. The largest absolute Gasteiger partial charge is 0.354 e. The van der Waals surface area contributed by atoms with Gasteiger partial charge in [0, 0.05) is 24.6 Å². The van der Waals surface area contributed by atoms with Gasteiger partial charge in [-0.25, -0.2) is 9.50 Å². The predicted molar refractivity (Wildman–Crippen MR) is 70.2 cm³/mol. The number of rotatable bonds is 1. The zero-order valence-corrected chi connectivity index (χ0v) is 11.0. The van der Waals surface area contributed by atoms with Crippen molar-refractivity contribution in [1.29, 1.82) is 0 Å². The van der Waals surface area contributed by atoms with Crippen LogP contribution in [-0.2, 0) is 0 Å². The minimum Gasteiger partial charge on any atom is -0.354 e. The molecular weight excluding hydrogens is 288 g/mol. The molecule has 2 aromatic rings. The van der Waals surface area contributed by atoms with E-state index in [4.69, 9.17) is 0 Å². The molecule has 3 rings (SSSR count). The third-order valence-electron chi connectivity index (χ3n) is 2.64. The van der Waals surface area contributed by atoms with Crippen molar-refractivity contribution >= 4 is 39.2 Å². The highest BCUT2D eigenvalue weighted by Crippen LogP contribution is 2.19. The number of fused-ring (bicyclic) bond motifs is 1. The van der Waals surface area contributed by atoms with Crippen LogP contribution >= 0.6 is 27.7 Å². The molecule has 0 aliphatic carbocycles. The normalized spacial score (nSPS) is 16.9. The van der Waals surface area contributed by atoms with Crippen molar-refractivity contribution in [3.63, 3.8) is 0 Å². The van der Waals surface area contributed by atoms with Gasteiger partial charge in [-0.15, -0.1) is 5.10 Å². The van der Waals surface area contributed by atoms with Gasteiger partial charge in [0.15, 0.2) is 5.65 Å². The van der Waals surface area contributed by atoms with Gasteiger partial charge in [-0.2, -0.15) is 11.8 Å². The molecule has 0 aromatic carbocycles. The summed E-state index contributed by atoms with van der Waals surface area (Å²) in [5.41, 5.74) is 0.877. The second-order valence-electron chi connectivity index (χ2n) is 3.64. The van der Waals surface area contributed by atoms with Crippen molar-refractivity contribution in [3.05, 3.63) is 22.9 Å². The molecule has 0 atom stereocenters. The molecule has 0 unspecified atom stereocenters. The standard InChI is InChI=1S/C10H11BrN4S/c11-8-7-12-9-1-2-10(13-15(8)9)14-3-5-16-6-4-14/h1-2,7H,3-6H2. The number of nitrogens with zero attached hydrogens (tertiary/aromatic N) is 4. The highest BCUT2D eigenvalue weighted by atomic mass is 79.9. The van der Waals surface area contributed by atoms with E-state index in [2.05, 4.69) is 30.9 Å². The lowest BCUT2D eigenvalue weighted by molar-refractivity contribution is 0.799. The van der Waals surface area contributed by atoms with E-state index in [9.17, 15) is 0 Å². The monoisotopic (exact) mass is 298 g/mol. The lowest BCUT2D eigenvalue weighted by atomic mass is 10.4. The Labute approximate surface area is 106 Å². The summed E-state index contributed by atoms with van der Waals surface area (Å²) in [6.07, 6.45) is 1.78. The first kappa shape index (κ1) is 10.4. The molecule has 1 aliphatic heterocycles. The van der Waals surface area contributed by atoms with Crippen LogP contribution in [0, 0.1) is 0 Å². The topological polar surface area (TPSA) is 33.4 Å². The second-order valence-corrected chi connectivity index (χ2v) is 5.68. The van der Waals surface area contributed by atoms with Gasteiger partial charge in [-0.1, -0.05) is 0 Å². The molecule has 0 spiro atoms. The number of thioether (sulfide) groups is 1. The average molecular weight is 299 g/mol. The molecule has 1 saturated heterocycles. The van der Waals surface area contributed by atoms with E-state index in [1.54, 1.807) is 6.20 Å². The minimum absolute atomic E-state index is 0.877. The minimum atomic E-state index is 0.877. The zero-order valence-electron chi connectivity index (χ0n) is 8.64. The lowest BCUT2D eigenvalue weighted by Crippen LogP contribution is -2.33. The van der Waals surface area contributed by atoms with Gasteiger partial charge in [0.25, 0.3) is 0 Å². The molecule has 0 amide bonds. The first-order chi connectivity index (χ1) is 7.84. The summed E-state index contributed by atoms with van der Waals surface area (Å²) in [7, 11) is 0. The van der Waals surface area contributed by atoms with Crippen molar-refractivity contribution in [1.82, 2.24) is 14.6 Å². The lowest BCUT2D eigenvalue weighted by Gasteiger charge is -2.27. The average Bonchev–Trinajstić information content (AvgIpc) is 2.72. The van der Waals surface area contributed by atoms with Crippen molar-refractivity contribution in [2.45, 2.75) is 0 Å². The highest BCUT2D eigenvalue weighted by Gasteiger charge is 2.13. The van der Waals surface area contributed by atoms with E-state index in [0.29, 0.717) is 0 Å². The summed E-state index contributed by atoms with van der Waals surface area (Å²) in [5.74, 6) is 3.40. The highest BCUT2D eigenvalue weighted by molar-refractivity contribution is 9.10. The van der Waals surface area contributed by atoms with Crippen LogP contribution in [0.25, 0.3) is 5.65 Å². The first-order valence-electron chi connectivity index (χ1n) is 5.17. The van der Waals surface area contributed by atoms with E-state index in [-0.39, 0.29) is 0 Å². The molecule has 84 valence electrons. The maximum Gasteiger partial charge on any atom is 0.154 e. The molecule has 0 saturated carbocycles. The summed E-state index contributed by atoms with van der Waals surface area (Å²) in [6.45, 7) is 2.16. The number of aromatic nitrogens is 3. The van der Waals surface area contributed by atoms with E-state index in [0.717, 1.165) is 29.2 Å². The Bertz CT molecular complexity index is 506. The molecule has 0 radical (unpaired) electrons. The third-order valence-corrected chi connectivity index (χ3v) is 4.12. The zero-order chi connectivity index (χ0) is 11.0. The number of imidazole rings is 1. The molecule has 4 nitrogen and oxygen atoms in total. The predicted octanol–water partition coefficient (Wildman–Crippen LogP) is 2.04. The molecule has 0 N–H and O–H groups in total. The maximum absolute atomic E-state index is 4.58. The van der Waals surface area contributed by atoms with E-state index in [1.807, 2.05) is 28.4 Å². The number of hydrogen-bond donors (Lipinski definition) is 0.